The van der Waals surface area contributed by atoms with Gasteiger partial charge in [0, 0.05) is 23.4 Å². The van der Waals surface area contributed by atoms with Gasteiger partial charge in [-0.3, -0.25) is 4.79 Å². The van der Waals surface area contributed by atoms with Gasteiger partial charge in [-0.2, -0.15) is 0 Å². The molecule has 0 aliphatic heterocycles. The first-order chi connectivity index (χ1) is 8.75. The Labute approximate surface area is 117 Å². The van der Waals surface area contributed by atoms with Gasteiger partial charge in [0.15, 0.2) is 9.84 Å². The van der Waals surface area contributed by atoms with Crippen molar-refractivity contribution in [3.63, 3.8) is 0 Å². The summed E-state index contributed by atoms with van der Waals surface area (Å²) in [7, 11) is -1.89. The van der Waals surface area contributed by atoms with Crippen molar-refractivity contribution in [2.45, 2.75) is 18.7 Å². The summed E-state index contributed by atoms with van der Waals surface area (Å²) in [5.41, 5.74) is 0.684. The van der Waals surface area contributed by atoms with Crippen LogP contribution in [0.1, 0.15) is 12.5 Å². The highest BCUT2D eigenvalue weighted by Gasteiger charge is 2.23. The molecule has 0 aromatic heterocycles. The van der Waals surface area contributed by atoms with Gasteiger partial charge in [0.25, 0.3) is 0 Å². The summed E-state index contributed by atoms with van der Waals surface area (Å²) in [5, 5.41) is 1.98. The van der Waals surface area contributed by atoms with Crippen molar-refractivity contribution in [3.05, 3.63) is 28.8 Å². The zero-order valence-corrected chi connectivity index (χ0v) is 12.5. The largest absolute Gasteiger partial charge is 0.496 e. The summed E-state index contributed by atoms with van der Waals surface area (Å²) in [6.45, 7) is 1.50. The second-order valence-corrected chi connectivity index (χ2v) is 6.95. The zero-order valence-electron chi connectivity index (χ0n) is 10.9. The first-order valence-electron chi connectivity index (χ1n) is 5.54. The number of methoxy groups -OCH3 is 1. The van der Waals surface area contributed by atoms with Crippen molar-refractivity contribution in [2.75, 3.05) is 13.4 Å². The quantitative estimate of drug-likeness (QED) is 0.892. The Balaban J connectivity index is 2.77. The van der Waals surface area contributed by atoms with E-state index in [2.05, 4.69) is 5.32 Å². The Hall–Kier alpha value is -1.27. The molecule has 1 atom stereocenters. The number of carbonyl (C=O) groups is 1. The van der Waals surface area contributed by atoms with E-state index in [1.165, 1.54) is 14.0 Å². The highest BCUT2D eigenvalue weighted by atomic mass is 35.5. The van der Waals surface area contributed by atoms with Gasteiger partial charge in [0.1, 0.15) is 11.0 Å². The lowest BCUT2D eigenvalue weighted by Crippen LogP contribution is -2.37. The van der Waals surface area contributed by atoms with Crippen LogP contribution in [0.4, 0.5) is 0 Å². The number of sulfone groups is 1. The molecule has 106 valence electrons. The van der Waals surface area contributed by atoms with E-state index >= 15 is 0 Å². The Kier molecular flexibility index (Phi) is 5.20. The molecule has 1 amide bonds. The number of rotatable bonds is 5. The number of halogens is 1. The summed E-state index contributed by atoms with van der Waals surface area (Å²) >= 11 is 5.86. The molecule has 19 heavy (non-hydrogen) atoms. The third-order valence-corrected chi connectivity index (χ3v) is 4.44. The molecule has 0 bridgehead atoms. The monoisotopic (exact) mass is 305 g/mol. The van der Waals surface area contributed by atoms with Crippen molar-refractivity contribution in [1.82, 2.24) is 5.32 Å². The Morgan fingerprint density at radius 3 is 2.63 bits per heavy atom. The number of hydrogen-bond acceptors (Lipinski definition) is 4. The van der Waals surface area contributed by atoms with E-state index in [0.717, 1.165) is 6.26 Å². The Morgan fingerprint density at radius 1 is 1.47 bits per heavy atom. The molecule has 0 fully saturated rings. The molecule has 0 unspecified atom stereocenters. The van der Waals surface area contributed by atoms with Crippen molar-refractivity contribution in [2.24, 2.45) is 0 Å². The Bertz CT molecular complexity index is 571. The predicted octanol–water partition coefficient (Wildman–Crippen LogP) is 1.40. The first-order valence-corrected chi connectivity index (χ1v) is 7.88. The minimum Gasteiger partial charge on any atom is -0.496 e. The normalized spacial score (nSPS) is 12.8. The molecule has 0 radical (unpaired) electrons. The van der Waals surface area contributed by atoms with Gasteiger partial charge in [0.2, 0.25) is 5.91 Å². The summed E-state index contributed by atoms with van der Waals surface area (Å²) in [6, 6.07) is 5.01. The molecule has 1 aromatic rings. The average Bonchev–Trinajstić information content (AvgIpc) is 2.34. The van der Waals surface area contributed by atoms with Crippen LogP contribution in [-0.4, -0.2) is 32.9 Å². The van der Waals surface area contributed by atoms with Crippen molar-refractivity contribution in [3.8, 4) is 5.75 Å². The van der Waals surface area contributed by atoms with Gasteiger partial charge in [-0.1, -0.05) is 11.6 Å². The van der Waals surface area contributed by atoms with E-state index in [4.69, 9.17) is 16.3 Å². The number of nitrogens with one attached hydrogen (secondary N) is 1. The van der Waals surface area contributed by atoms with Gasteiger partial charge in [-0.15, -0.1) is 0 Å². The molecule has 5 nitrogen and oxygen atoms in total. The highest BCUT2D eigenvalue weighted by Crippen LogP contribution is 2.22. The van der Waals surface area contributed by atoms with Gasteiger partial charge in [0.05, 0.1) is 7.11 Å². The first kappa shape index (κ1) is 15.8. The molecule has 1 aromatic carbocycles. The van der Waals surface area contributed by atoms with E-state index < -0.39 is 21.0 Å². The van der Waals surface area contributed by atoms with Crippen LogP contribution < -0.4 is 10.1 Å². The third-order valence-electron chi connectivity index (χ3n) is 2.71. The van der Waals surface area contributed by atoms with Crippen molar-refractivity contribution in [1.29, 1.82) is 0 Å². The molecular weight excluding hydrogens is 290 g/mol. The maximum Gasteiger partial charge on any atom is 0.238 e. The topological polar surface area (TPSA) is 72.5 Å². The fourth-order valence-electron chi connectivity index (χ4n) is 1.41. The number of hydrogen-bond donors (Lipinski definition) is 1. The van der Waals surface area contributed by atoms with Gasteiger partial charge < -0.3 is 10.1 Å². The molecule has 0 saturated heterocycles. The number of benzene rings is 1. The SMILES string of the molecule is COc1ccc(Cl)cc1CNC(=O)[C@H](C)S(C)(=O)=O. The van der Waals surface area contributed by atoms with E-state index in [9.17, 15) is 13.2 Å². The van der Waals surface area contributed by atoms with E-state index in [-0.39, 0.29) is 6.54 Å². The second-order valence-electron chi connectivity index (χ2n) is 4.15. The maximum absolute atomic E-state index is 11.7. The fraction of sp³-hybridized carbons (Fsp3) is 0.417. The minimum atomic E-state index is -3.40. The van der Waals surface area contributed by atoms with Crippen LogP contribution in [0.5, 0.6) is 5.75 Å². The lowest BCUT2D eigenvalue weighted by Gasteiger charge is -2.12. The summed E-state index contributed by atoms with van der Waals surface area (Å²) in [5.74, 6) is 0.0289. The van der Waals surface area contributed by atoms with Crippen molar-refractivity contribution < 1.29 is 17.9 Å². The van der Waals surface area contributed by atoms with Crippen LogP contribution in [0, 0.1) is 0 Å². The number of amides is 1. The molecule has 0 spiro atoms. The van der Waals surface area contributed by atoms with Gasteiger partial charge >= 0.3 is 0 Å². The Morgan fingerprint density at radius 2 is 2.11 bits per heavy atom. The molecule has 0 saturated carbocycles. The van der Waals surface area contributed by atoms with Gasteiger partial charge in [-0.25, -0.2) is 8.42 Å². The lowest BCUT2D eigenvalue weighted by atomic mass is 10.2. The van der Waals surface area contributed by atoms with Crippen LogP contribution in [0.3, 0.4) is 0 Å². The van der Waals surface area contributed by atoms with E-state index in [1.54, 1.807) is 18.2 Å². The molecule has 1 N–H and O–H groups in total. The molecule has 7 heteroatoms. The standard InChI is InChI=1S/C12H16ClNO4S/c1-8(19(3,16)17)12(15)14-7-9-6-10(13)4-5-11(9)18-2/h4-6,8H,7H2,1-3H3,(H,14,15)/t8-/m0/s1. The second kappa shape index (κ2) is 6.25. The van der Waals surface area contributed by atoms with E-state index in [1.807, 2.05) is 0 Å². The molecule has 0 heterocycles. The molecule has 1 rings (SSSR count). The van der Waals surface area contributed by atoms with Crippen LogP contribution >= 0.6 is 11.6 Å². The highest BCUT2D eigenvalue weighted by molar-refractivity contribution is 7.92. The summed E-state index contributed by atoms with van der Waals surface area (Å²) in [6.07, 6.45) is 1.03. The van der Waals surface area contributed by atoms with Crippen LogP contribution in [0.15, 0.2) is 18.2 Å². The minimum absolute atomic E-state index is 0.155. The maximum atomic E-state index is 11.7. The number of ether oxygens (including phenoxy) is 1. The average molecular weight is 306 g/mol. The molecule has 0 aliphatic rings. The molecule has 0 aliphatic carbocycles. The van der Waals surface area contributed by atoms with Crippen LogP contribution in [0.25, 0.3) is 0 Å². The van der Waals surface area contributed by atoms with Crippen molar-refractivity contribution >= 4 is 27.3 Å². The zero-order chi connectivity index (χ0) is 14.6. The van der Waals surface area contributed by atoms with Crippen LogP contribution in [-0.2, 0) is 21.2 Å². The summed E-state index contributed by atoms with van der Waals surface area (Å²) in [4.78, 5) is 11.7. The van der Waals surface area contributed by atoms with Crippen LogP contribution in [0.2, 0.25) is 5.02 Å². The molecular formula is C12H16ClNO4S. The summed E-state index contributed by atoms with van der Waals surface area (Å²) < 4.78 is 27.6. The predicted molar refractivity (Wildman–Crippen MR) is 74.2 cm³/mol. The fourth-order valence-corrected chi connectivity index (χ4v) is 2.07. The van der Waals surface area contributed by atoms with E-state index in [0.29, 0.717) is 16.3 Å². The third kappa shape index (κ3) is 4.40. The lowest BCUT2D eigenvalue weighted by molar-refractivity contribution is -0.120. The van der Waals surface area contributed by atoms with Gasteiger partial charge in [-0.05, 0) is 25.1 Å². The smallest absolute Gasteiger partial charge is 0.238 e. The number of carbonyl (C=O) groups excluding carboxylic acids is 1.